The molecular weight excluding hydrogens is 144 g/mol. The average Bonchev–Trinajstić information content (AvgIpc) is 1.86. The molecule has 0 fully saturated rings. The molecule has 0 saturated carbocycles. The summed E-state index contributed by atoms with van der Waals surface area (Å²) >= 11 is 0. The quantitative estimate of drug-likeness (QED) is 0.385. The molecule has 0 radical (unpaired) electrons. The molecule has 3 heteroatoms. The Morgan fingerprint density at radius 2 is 1.82 bits per heavy atom. The Bertz CT molecular complexity index is 83.8. The summed E-state index contributed by atoms with van der Waals surface area (Å²) in [6.45, 7) is 8.98. The highest BCUT2D eigenvalue weighted by Gasteiger charge is 2.06. The summed E-state index contributed by atoms with van der Waals surface area (Å²) in [4.78, 5) is 11.6. The zero-order chi connectivity index (χ0) is 9.33. The standard InChI is InChI=1S/C7H16.CH2O3/c1-5-6-7(2,3)4;2-1-4-3/h5-6H2,1-4H3;1,3H. The predicted molar refractivity (Wildman–Crippen MR) is 44.1 cm³/mol. The SMILES string of the molecule is CCCC(C)(C)C.O=COO. The lowest BCUT2D eigenvalue weighted by Gasteiger charge is -2.15. The predicted octanol–water partition coefficient (Wildman–Crippen LogP) is 2.46. The van der Waals surface area contributed by atoms with Gasteiger partial charge in [-0.15, -0.1) is 0 Å². The van der Waals surface area contributed by atoms with Crippen molar-refractivity contribution in [2.75, 3.05) is 0 Å². The van der Waals surface area contributed by atoms with Gasteiger partial charge in [-0.05, 0) is 11.8 Å². The first-order chi connectivity index (χ1) is 4.97. The molecule has 0 aliphatic rings. The fourth-order valence-corrected chi connectivity index (χ4v) is 0.750. The Morgan fingerprint density at radius 1 is 1.45 bits per heavy atom. The molecule has 0 atom stereocenters. The summed E-state index contributed by atoms with van der Waals surface area (Å²) in [6, 6.07) is 0. The summed E-state index contributed by atoms with van der Waals surface area (Å²) in [5.74, 6) is 0. The first-order valence-electron chi connectivity index (χ1n) is 3.71. The minimum Gasteiger partial charge on any atom is -0.304 e. The van der Waals surface area contributed by atoms with E-state index in [1.165, 1.54) is 12.8 Å². The molecule has 0 aliphatic carbocycles. The van der Waals surface area contributed by atoms with Crippen molar-refractivity contribution in [2.45, 2.75) is 40.5 Å². The first kappa shape index (κ1) is 13.1. The van der Waals surface area contributed by atoms with E-state index in [-0.39, 0.29) is 6.47 Å². The van der Waals surface area contributed by atoms with Gasteiger partial charge in [0.05, 0.1) is 0 Å². The van der Waals surface area contributed by atoms with E-state index in [0.29, 0.717) is 5.41 Å². The minimum atomic E-state index is -0.0694. The monoisotopic (exact) mass is 162 g/mol. The first-order valence-corrected chi connectivity index (χ1v) is 3.71. The zero-order valence-electron chi connectivity index (χ0n) is 7.76. The van der Waals surface area contributed by atoms with Crippen LogP contribution in [0.25, 0.3) is 0 Å². The fraction of sp³-hybridized carbons (Fsp3) is 0.875. The molecule has 0 aromatic carbocycles. The number of hydrogen-bond acceptors (Lipinski definition) is 3. The number of carbonyl (C=O) groups is 1. The second kappa shape index (κ2) is 7.54. The van der Waals surface area contributed by atoms with Crippen molar-refractivity contribution in [3.63, 3.8) is 0 Å². The van der Waals surface area contributed by atoms with Crippen LogP contribution in [0, 0.1) is 5.41 Å². The van der Waals surface area contributed by atoms with Crippen molar-refractivity contribution in [1.82, 2.24) is 0 Å². The third-order valence-corrected chi connectivity index (χ3v) is 1.04. The summed E-state index contributed by atoms with van der Waals surface area (Å²) in [5, 5.41) is 7.01. The van der Waals surface area contributed by atoms with Gasteiger partial charge in [0.25, 0.3) is 0 Å². The van der Waals surface area contributed by atoms with Crippen molar-refractivity contribution < 1.29 is 14.9 Å². The van der Waals surface area contributed by atoms with Gasteiger partial charge in [0, 0.05) is 0 Å². The Morgan fingerprint density at radius 3 is 1.82 bits per heavy atom. The van der Waals surface area contributed by atoms with Crippen LogP contribution in [0.1, 0.15) is 40.5 Å². The van der Waals surface area contributed by atoms with E-state index >= 15 is 0 Å². The molecule has 1 N–H and O–H groups in total. The third kappa shape index (κ3) is 26.5. The second-order valence-corrected chi connectivity index (χ2v) is 3.51. The molecule has 11 heavy (non-hydrogen) atoms. The molecule has 0 saturated heterocycles. The van der Waals surface area contributed by atoms with Crippen molar-refractivity contribution in [3.8, 4) is 0 Å². The van der Waals surface area contributed by atoms with Crippen LogP contribution in [0.15, 0.2) is 0 Å². The lowest BCUT2D eigenvalue weighted by molar-refractivity contribution is -0.217. The lowest BCUT2D eigenvalue weighted by atomic mass is 9.91. The van der Waals surface area contributed by atoms with Gasteiger partial charge >= 0.3 is 6.47 Å². The maximum absolute atomic E-state index is 8.70. The van der Waals surface area contributed by atoms with Crippen LogP contribution in [-0.2, 0) is 9.68 Å². The van der Waals surface area contributed by atoms with E-state index in [0.717, 1.165) is 0 Å². The van der Waals surface area contributed by atoms with Crippen molar-refractivity contribution in [3.05, 3.63) is 0 Å². The van der Waals surface area contributed by atoms with Crippen molar-refractivity contribution in [1.29, 1.82) is 0 Å². The fourth-order valence-electron chi connectivity index (χ4n) is 0.750. The molecule has 3 nitrogen and oxygen atoms in total. The van der Waals surface area contributed by atoms with Gasteiger partial charge in [-0.1, -0.05) is 34.1 Å². The summed E-state index contributed by atoms with van der Waals surface area (Å²) < 4.78 is 0. The van der Waals surface area contributed by atoms with Crippen LogP contribution in [0.2, 0.25) is 0 Å². The van der Waals surface area contributed by atoms with E-state index in [4.69, 9.17) is 10.1 Å². The van der Waals surface area contributed by atoms with Gasteiger partial charge in [0.15, 0.2) is 0 Å². The smallest absolute Gasteiger partial charge is 0.304 e. The highest BCUT2D eigenvalue weighted by Crippen LogP contribution is 2.19. The topological polar surface area (TPSA) is 46.5 Å². The van der Waals surface area contributed by atoms with Gasteiger partial charge in [-0.2, -0.15) is 0 Å². The number of carbonyl (C=O) groups excluding carboxylic acids is 1. The van der Waals surface area contributed by atoms with Crippen LogP contribution in [0.5, 0.6) is 0 Å². The molecule has 0 aromatic heterocycles. The normalized spacial score (nSPS) is 9.55. The van der Waals surface area contributed by atoms with Gasteiger partial charge in [-0.25, -0.2) is 5.26 Å². The molecule has 0 aliphatic heterocycles. The maximum atomic E-state index is 8.70. The average molecular weight is 162 g/mol. The minimum absolute atomic E-state index is 0.0694. The Kier molecular flexibility index (Phi) is 8.94. The van der Waals surface area contributed by atoms with Crippen LogP contribution >= 0.6 is 0 Å². The molecule has 0 unspecified atom stereocenters. The van der Waals surface area contributed by atoms with Crippen LogP contribution < -0.4 is 0 Å². The number of rotatable bonds is 2. The van der Waals surface area contributed by atoms with E-state index < -0.39 is 0 Å². The summed E-state index contributed by atoms with van der Waals surface area (Å²) in [5.41, 5.74) is 0.550. The van der Waals surface area contributed by atoms with Gasteiger partial charge in [0.1, 0.15) is 0 Å². The molecule has 0 bridgehead atoms. The lowest BCUT2D eigenvalue weighted by Crippen LogP contribution is -2.02. The molecule has 0 amide bonds. The summed E-state index contributed by atoms with van der Waals surface area (Å²) in [7, 11) is 0. The largest absolute Gasteiger partial charge is 0.330 e. The van der Waals surface area contributed by atoms with Gasteiger partial charge in [-0.3, -0.25) is 4.79 Å². The van der Waals surface area contributed by atoms with E-state index in [9.17, 15) is 0 Å². The van der Waals surface area contributed by atoms with Gasteiger partial charge < -0.3 is 4.89 Å². The Balaban J connectivity index is 0. The second-order valence-electron chi connectivity index (χ2n) is 3.51. The maximum Gasteiger partial charge on any atom is 0.330 e. The van der Waals surface area contributed by atoms with Crippen molar-refractivity contribution in [2.24, 2.45) is 5.41 Å². The van der Waals surface area contributed by atoms with Crippen molar-refractivity contribution >= 4 is 6.47 Å². The van der Waals surface area contributed by atoms with Crippen LogP contribution in [-0.4, -0.2) is 11.7 Å². The van der Waals surface area contributed by atoms with E-state index in [1.807, 2.05) is 0 Å². The van der Waals surface area contributed by atoms with E-state index in [2.05, 4.69) is 32.6 Å². The van der Waals surface area contributed by atoms with Crippen LogP contribution in [0.3, 0.4) is 0 Å². The Hall–Kier alpha value is -0.570. The highest BCUT2D eigenvalue weighted by atomic mass is 17.1. The Labute approximate surface area is 68.3 Å². The summed E-state index contributed by atoms with van der Waals surface area (Å²) in [6.07, 6.45) is 2.65. The van der Waals surface area contributed by atoms with Gasteiger partial charge in [0.2, 0.25) is 0 Å². The van der Waals surface area contributed by atoms with E-state index in [1.54, 1.807) is 0 Å². The molecule has 0 aromatic rings. The molecule has 0 spiro atoms. The zero-order valence-corrected chi connectivity index (χ0v) is 7.76. The van der Waals surface area contributed by atoms with Crippen LogP contribution in [0.4, 0.5) is 0 Å². The third-order valence-electron chi connectivity index (χ3n) is 1.04. The molecule has 68 valence electrons. The molecular formula is C8H18O3. The molecule has 0 heterocycles. The molecule has 0 rings (SSSR count). The highest BCUT2D eigenvalue weighted by molar-refractivity contribution is 5.35. The number of hydrogen-bond donors (Lipinski definition) is 1.